The monoisotopic (exact) mass is 410 g/mol. The van der Waals surface area contributed by atoms with E-state index in [9.17, 15) is 14.7 Å². The number of amides is 1. The largest absolute Gasteiger partial charge is 0.507 e. The number of phenolic OH excluding ortho intramolecular Hbond substituents is 1. The van der Waals surface area contributed by atoms with Crippen molar-refractivity contribution in [1.29, 1.82) is 0 Å². The summed E-state index contributed by atoms with van der Waals surface area (Å²) in [5, 5.41) is 12.2. The molecule has 0 spiro atoms. The number of carbonyl (C=O) groups excluding carboxylic acids is 2. The van der Waals surface area contributed by atoms with Gasteiger partial charge in [-0.05, 0) is 49.6 Å². The van der Waals surface area contributed by atoms with Gasteiger partial charge in [-0.3, -0.25) is 9.69 Å². The number of hydrogen-bond donors (Lipinski definition) is 1. The third kappa shape index (κ3) is 4.46. The molecule has 0 radical (unpaired) electrons. The number of esters is 1. The molecule has 0 bridgehead atoms. The lowest BCUT2D eigenvalue weighted by atomic mass is 10.1. The highest BCUT2D eigenvalue weighted by molar-refractivity contribution is 7.14. The summed E-state index contributed by atoms with van der Waals surface area (Å²) in [7, 11) is 0. The van der Waals surface area contributed by atoms with Crippen molar-refractivity contribution >= 4 is 34.0 Å². The number of nitrogens with zero attached hydrogens (tertiary/aromatic N) is 2. The molecule has 0 unspecified atom stereocenters. The SMILES string of the molecule is CC(=O)N(c1nc(COC(=O)c2ccc(C)cc2O)cs1)c1c(C)cccc1C. The predicted molar refractivity (Wildman–Crippen MR) is 113 cm³/mol. The first-order valence-corrected chi connectivity index (χ1v) is 9.94. The molecule has 7 heteroatoms. The Morgan fingerprint density at radius 3 is 2.45 bits per heavy atom. The van der Waals surface area contributed by atoms with Gasteiger partial charge >= 0.3 is 5.97 Å². The summed E-state index contributed by atoms with van der Waals surface area (Å²) in [5.74, 6) is -0.896. The van der Waals surface area contributed by atoms with Crippen molar-refractivity contribution in [2.45, 2.75) is 34.3 Å². The molecular formula is C22H22N2O4S. The van der Waals surface area contributed by atoms with Gasteiger partial charge in [-0.2, -0.15) is 0 Å². The molecule has 1 N–H and O–H groups in total. The minimum absolute atomic E-state index is 0.0544. The summed E-state index contributed by atoms with van der Waals surface area (Å²) in [4.78, 5) is 30.6. The van der Waals surface area contributed by atoms with Crippen LogP contribution in [0.15, 0.2) is 41.8 Å². The first kappa shape index (κ1) is 20.5. The molecule has 0 aliphatic rings. The summed E-state index contributed by atoms with van der Waals surface area (Å²) < 4.78 is 5.28. The Labute approximate surface area is 173 Å². The van der Waals surface area contributed by atoms with Crippen molar-refractivity contribution in [3.8, 4) is 5.75 Å². The van der Waals surface area contributed by atoms with Gasteiger partial charge in [0, 0.05) is 12.3 Å². The lowest BCUT2D eigenvalue weighted by Crippen LogP contribution is -2.24. The van der Waals surface area contributed by atoms with E-state index in [1.54, 1.807) is 16.3 Å². The van der Waals surface area contributed by atoms with E-state index >= 15 is 0 Å². The number of anilines is 2. The van der Waals surface area contributed by atoms with Crippen LogP contribution in [0.25, 0.3) is 0 Å². The predicted octanol–water partition coefficient (Wildman–Crippen LogP) is 4.82. The molecule has 3 aromatic rings. The first-order chi connectivity index (χ1) is 13.8. The number of para-hydroxylation sites is 1. The Hall–Kier alpha value is -3.19. The standard InChI is InChI=1S/C22H22N2O4S/c1-13-8-9-18(19(26)10-13)21(27)28-11-17-12-29-22(23-17)24(16(4)25)20-14(2)6-5-7-15(20)3/h5-10,12,26H,11H2,1-4H3. The third-order valence-electron chi connectivity index (χ3n) is 4.43. The molecule has 0 aliphatic carbocycles. The highest BCUT2D eigenvalue weighted by Crippen LogP contribution is 2.34. The minimum Gasteiger partial charge on any atom is -0.507 e. The zero-order valence-corrected chi connectivity index (χ0v) is 17.5. The quantitative estimate of drug-likeness (QED) is 0.610. The maximum absolute atomic E-state index is 12.4. The zero-order valence-electron chi connectivity index (χ0n) is 16.7. The van der Waals surface area contributed by atoms with E-state index in [0.29, 0.717) is 10.8 Å². The fourth-order valence-corrected chi connectivity index (χ4v) is 3.90. The second-order valence-electron chi connectivity index (χ2n) is 6.81. The molecule has 3 rings (SSSR count). The number of aryl methyl sites for hydroxylation is 3. The van der Waals surface area contributed by atoms with Gasteiger partial charge in [0.25, 0.3) is 0 Å². The zero-order chi connectivity index (χ0) is 21.1. The van der Waals surface area contributed by atoms with Crippen molar-refractivity contribution < 1.29 is 19.4 Å². The van der Waals surface area contributed by atoms with Gasteiger partial charge in [0.15, 0.2) is 5.13 Å². The molecular weight excluding hydrogens is 388 g/mol. The topological polar surface area (TPSA) is 79.7 Å². The van der Waals surface area contributed by atoms with E-state index in [1.807, 2.05) is 39.0 Å². The van der Waals surface area contributed by atoms with Gasteiger partial charge in [-0.1, -0.05) is 24.3 Å². The third-order valence-corrected chi connectivity index (χ3v) is 5.31. The number of aromatic hydroxyl groups is 1. The van der Waals surface area contributed by atoms with E-state index in [1.165, 1.54) is 30.4 Å². The van der Waals surface area contributed by atoms with Crippen molar-refractivity contribution in [3.63, 3.8) is 0 Å². The van der Waals surface area contributed by atoms with Gasteiger partial charge in [0.2, 0.25) is 5.91 Å². The normalized spacial score (nSPS) is 10.6. The number of ether oxygens (including phenoxy) is 1. The van der Waals surface area contributed by atoms with Crippen molar-refractivity contribution in [2.75, 3.05) is 4.90 Å². The van der Waals surface area contributed by atoms with Crippen LogP contribution in [0.2, 0.25) is 0 Å². The van der Waals surface area contributed by atoms with Crippen molar-refractivity contribution in [1.82, 2.24) is 4.98 Å². The molecule has 0 fully saturated rings. The minimum atomic E-state index is -0.629. The Morgan fingerprint density at radius 1 is 1.14 bits per heavy atom. The van der Waals surface area contributed by atoms with E-state index in [-0.39, 0.29) is 23.8 Å². The lowest BCUT2D eigenvalue weighted by molar-refractivity contribution is -0.115. The van der Waals surface area contributed by atoms with Crippen molar-refractivity contribution in [3.05, 3.63) is 69.7 Å². The highest BCUT2D eigenvalue weighted by Gasteiger charge is 2.22. The molecule has 0 saturated heterocycles. The second-order valence-corrected chi connectivity index (χ2v) is 7.65. The number of aromatic nitrogens is 1. The molecule has 6 nitrogen and oxygen atoms in total. The van der Waals surface area contributed by atoms with Crippen LogP contribution in [0.1, 0.15) is 39.7 Å². The smallest absolute Gasteiger partial charge is 0.342 e. The van der Waals surface area contributed by atoms with Gasteiger partial charge in [-0.25, -0.2) is 9.78 Å². The van der Waals surface area contributed by atoms with Gasteiger partial charge in [0.05, 0.1) is 11.4 Å². The number of thiazole rings is 1. The van der Waals surface area contributed by atoms with E-state index in [2.05, 4.69) is 4.98 Å². The highest BCUT2D eigenvalue weighted by atomic mass is 32.1. The molecule has 1 heterocycles. The Kier molecular flexibility index (Phi) is 5.98. The maximum atomic E-state index is 12.4. The molecule has 2 aromatic carbocycles. The van der Waals surface area contributed by atoms with Crippen molar-refractivity contribution in [2.24, 2.45) is 0 Å². The first-order valence-electron chi connectivity index (χ1n) is 9.06. The molecule has 29 heavy (non-hydrogen) atoms. The van der Waals surface area contributed by atoms with E-state index in [4.69, 9.17) is 4.74 Å². The lowest BCUT2D eigenvalue weighted by Gasteiger charge is -2.22. The summed E-state index contributed by atoms with van der Waals surface area (Å²) in [6.45, 7) is 7.15. The van der Waals surface area contributed by atoms with E-state index in [0.717, 1.165) is 22.4 Å². The average Bonchev–Trinajstić information content (AvgIpc) is 3.11. The molecule has 150 valence electrons. The Balaban J connectivity index is 1.79. The molecule has 1 aromatic heterocycles. The molecule has 0 atom stereocenters. The van der Waals surface area contributed by atoms with Gasteiger partial charge in [0.1, 0.15) is 17.9 Å². The summed E-state index contributed by atoms with van der Waals surface area (Å²) in [6.07, 6.45) is 0. The van der Waals surface area contributed by atoms with E-state index < -0.39 is 5.97 Å². The van der Waals surface area contributed by atoms with Crippen LogP contribution in [0.4, 0.5) is 10.8 Å². The average molecular weight is 410 g/mol. The number of carbonyl (C=O) groups is 2. The number of rotatable bonds is 5. The number of hydrogen-bond acceptors (Lipinski definition) is 6. The molecule has 0 saturated carbocycles. The van der Waals surface area contributed by atoms with Crippen LogP contribution >= 0.6 is 11.3 Å². The van der Waals surface area contributed by atoms with Crippen LogP contribution in [0.5, 0.6) is 5.75 Å². The Morgan fingerprint density at radius 2 is 1.83 bits per heavy atom. The van der Waals surface area contributed by atoms with Gasteiger partial charge < -0.3 is 9.84 Å². The second kappa shape index (κ2) is 8.45. The van der Waals surface area contributed by atoms with Crippen LogP contribution in [-0.4, -0.2) is 22.0 Å². The van der Waals surface area contributed by atoms with Crippen LogP contribution in [0.3, 0.4) is 0 Å². The number of phenols is 1. The summed E-state index contributed by atoms with van der Waals surface area (Å²) >= 11 is 1.30. The fraction of sp³-hybridized carbons (Fsp3) is 0.227. The van der Waals surface area contributed by atoms with Crippen LogP contribution in [0, 0.1) is 20.8 Å². The number of benzene rings is 2. The van der Waals surface area contributed by atoms with Crippen LogP contribution in [-0.2, 0) is 16.1 Å². The molecule has 0 aliphatic heterocycles. The van der Waals surface area contributed by atoms with Gasteiger partial charge in [-0.15, -0.1) is 11.3 Å². The Bertz CT molecular complexity index is 1050. The maximum Gasteiger partial charge on any atom is 0.342 e. The molecule has 1 amide bonds. The summed E-state index contributed by atoms with van der Waals surface area (Å²) in [5.41, 5.74) is 4.23. The fourth-order valence-electron chi connectivity index (χ4n) is 3.04. The summed E-state index contributed by atoms with van der Waals surface area (Å²) in [6, 6.07) is 10.6. The van der Waals surface area contributed by atoms with Crippen LogP contribution < -0.4 is 4.90 Å².